The van der Waals surface area contributed by atoms with Crippen LogP contribution in [-0.4, -0.2) is 37.4 Å². The van der Waals surface area contributed by atoms with E-state index in [4.69, 9.17) is 14.6 Å². The van der Waals surface area contributed by atoms with E-state index in [9.17, 15) is 4.79 Å². The third-order valence-electron chi connectivity index (χ3n) is 2.45. The van der Waals surface area contributed by atoms with Crippen molar-refractivity contribution in [2.75, 3.05) is 20.3 Å². The van der Waals surface area contributed by atoms with Crippen molar-refractivity contribution in [1.29, 1.82) is 0 Å². The molecule has 0 aromatic heterocycles. The van der Waals surface area contributed by atoms with Crippen LogP contribution in [0.4, 0.5) is 0 Å². The normalized spacial score (nSPS) is 11.7. The van der Waals surface area contributed by atoms with Crippen molar-refractivity contribution >= 4 is 5.91 Å². The van der Waals surface area contributed by atoms with E-state index in [0.29, 0.717) is 19.4 Å². The molecule has 5 heteroatoms. The molecule has 0 aliphatic heterocycles. The summed E-state index contributed by atoms with van der Waals surface area (Å²) < 4.78 is 10.6. The second-order valence-electron chi connectivity index (χ2n) is 4.28. The largest absolute Gasteiger partial charge is 0.497 e. The van der Waals surface area contributed by atoms with Gasteiger partial charge in [-0.1, -0.05) is 6.07 Å². The minimum Gasteiger partial charge on any atom is -0.497 e. The van der Waals surface area contributed by atoms with E-state index >= 15 is 0 Å². The van der Waals surface area contributed by atoms with Crippen molar-refractivity contribution in [2.24, 2.45) is 0 Å². The Labute approximate surface area is 113 Å². The number of benzene rings is 1. The van der Waals surface area contributed by atoms with Gasteiger partial charge in [0.15, 0.2) is 0 Å². The number of hydrogen-bond acceptors (Lipinski definition) is 4. The minimum atomic E-state index is -0.517. The molecule has 0 aliphatic rings. The lowest BCUT2D eigenvalue weighted by Gasteiger charge is -2.09. The Morgan fingerprint density at radius 3 is 2.84 bits per heavy atom. The van der Waals surface area contributed by atoms with Crippen LogP contribution >= 0.6 is 0 Å². The molecule has 1 unspecified atom stereocenters. The summed E-state index contributed by atoms with van der Waals surface area (Å²) in [5, 5.41) is 11.7. The molecule has 106 valence electrons. The first-order valence-electron chi connectivity index (χ1n) is 6.33. The van der Waals surface area contributed by atoms with Gasteiger partial charge in [-0.15, -0.1) is 0 Å². The van der Waals surface area contributed by atoms with E-state index in [-0.39, 0.29) is 12.5 Å². The first kappa shape index (κ1) is 15.3. The number of aliphatic hydroxyl groups excluding tert-OH is 1. The van der Waals surface area contributed by atoms with E-state index in [1.807, 2.05) is 18.2 Å². The number of carbonyl (C=O) groups excluding carboxylic acids is 1. The van der Waals surface area contributed by atoms with Crippen LogP contribution in [0.2, 0.25) is 0 Å². The first-order chi connectivity index (χ1) is 9.11. The topological polar surface area (TPSA) is 67.8 Å². The van der Waals surface area contributed by atoms with Crippen molar-refractivity contribution in [1.82, 2.24) is 5.32 Å². The van der Waals surface area contributed by atoms with Gasteiger partial charge < -0.3 is 19.9 Å². The molecule has 2 N–H and O–H groups in total. The van der Waals surface area contributed by atoms with Gasteiger partial charge in [0.25, 0.3) is 0 Å². The quantitative estimate of drug-likeness (QED) is 0.698. The van der Waals surface area contributed by atoms with Gasteiger partial charge in [0.2, 0.25) is 5.91 Å². The van der Waals surface area contributed by atoms with Crippen molar-refractivity contribution < 1.29 is 19.4 Å². The molecule has 0 aliphatic carbocycles. The number of ether oxygens (including phenoxy) is 2. The van der Waals surface area contributed by atoms with Crippen molar-refractivity contribution in [3.8, 4) is 11.5 Å². The highest BCUT2D eigenvalue weighted by Crippen LogP contribution is 2.18. The van der Waals surface area contributed by atoms with E-state index in [1.54, 1.807) is 20.1 Å². The van der Waals surface area contributed by atoms with Gasteiger partial charge in [-0.25, -0.2) is 0 Å². The molecule has 1 aromatic carbocycles. The number of carbonyl (C=O) groups is 1. The van der Waals surface area contributed by atoms with Gasteiger partial charge in [-0.3, -0.25) is 4.79 Å². The molecule has 0 saturated carbocycles. The monoisotopic (exact) mass is 267 g/mol. The van der Waals surface area contributed by atoms with Gasteiger partial charge in [0.1, 0.15) is 11.5 Å². The summed E-state index contributed by atoms with van der Waals surface area (Å²) in [6.07, 6.45) is 0.497. The zero-order valence-electron chi connectivity index (χ0n) is 11.4. The molecule has 1 rings (SSSR count). The summed E-state index contributed by atoms with van der Waals surface area (Å²) >= 11 is 0. The lowest BCUT2D eigenvalue weighted by atomic mass is 10.3. The summed E-state index contributed by atoms with van der Waals surface area (Å²) in [6, 6.07) is 7.34. The van der Waals surface area contributed by atoms with Gasteiger partial charge in [-0.05, 0) is 25.5 Å². The fourth-order valence-electron chi connectivity index (χ4n) is 1.46. The highest BCUT2D eigenvalue weighted by atomic mass is 16.5. The van der Waals surface area contributed by atoms with Gasteiger partial charge in [0, 0.05) is 19.0 Å². The summed E-state index contributed by atoms with van der Waals surface area (Å²) in [6.45, 7) is 2.39. The molecule has 0 heterocycles. The number of rotatable bonds is 8. The average molecular weight is 267 g/mol. The van der Waals surface area contributed by atoms with Crippen molar-refractivity contribution in [2.45, 2.75) is 25.9 Å². The molecule has 1 amide bonds. The molecular formula is C14H21NO4. The molecule has 0 radical (unpaired) electrons. The summed E-state index contributed by atoms with van der Waals surface area (Å²) in [5.74, 6) is 1.39. The van der Waals surface area contributed by atoms with E-state index in [0.717, 1.165) is 11.5 Å². The second-order valence-corrected chi connectivity index (χ2v) is 4.28. The van der Waals surface area contributed by atoms with Crippen molar-refractivity contribution in [3.05, 3.63) is 24.3 Å². The zero-order valence-corrected chi connectivity index (χ0v) is 11.4. The molecule has 0 saturated heterocycles. The summed E-state index contributed by atoms with van der Waals surface area (Å²) in [5.41, 5.74) is 0. The lowest BCUT2D eigenvalue weighted by molar-refractivity contribution is -0.121. The number of methoxy groups -OCH3 is 1. The number of nitrogens with one attached hydrogen (secondary N) is 1. The Morgan fingerprint density at radius 2 is 2.16 bits per heavy atom. The average Bonchev–Trinajstić information content (AvgIpc) is 2.41. The van der Waals surface area contributed by atoms with Crippen LogP contribution in [0.1, 0.15) is 19.8 Å². The van der Waals surface area contributed by atoms with Gasteiger partial charge in [0.05, 0.1) is 19.8 Å². The molecule has 0 fully saturated rings. The number of hydrogen-bond donors (Lipinski definition) is 2. The van der Waals surface area contributed by atoms with E-state index < -0.39 is 6.10 Å². The maximum Gasteiger partial charge on any atom is 0.220 e. The number of aliphatic hydroxyl groups is 1. The molecule has 1 atom stereocenters. The number of amides is 1. The van der Waals surface area contributed by atoms with Crippen LogP contribution in [0, 0.1) is 0 Å². The molecular weight excluding hydrogens is 246 g/mol. The predicted octanol–water partition coefficient (Wildman–Crippen LogP) is 1.35. The van der Waals surface area contributed by atoms with Crippen LogP contribution in [0.3, 0.4) is 0 Å². The molecule has 0 bridgehead atoms. The Bertz CT molecular complexity index is 393. The van der Waals surface area contributed by atoms with Crippen molar-refractivity contribution in [3.63, 3.8) is 0 Å². The Morgan fingerprint density at radius 1 is 1.42 bits per heavy atom. The smallest absolute Gasteiger partial charge is 0.220 e. The standard InChI is InChI=1S/C14H21NO4/c1-11(16)10-15-14(17)7-4-8-19-13-6-3-5-12(9-13)18-2/h3,5-6,9,11,16H,4,7-8,10H2,1-2H3,(H,15,17). The fourth-order valence-corrected chi connectivity index (χ4v) is 1.46. The third-order valence-corrected chi connectivity index (χ3v) is 2.45. The van der Waals surface area contributed by atoms with Crippen LogP contribution in [0.15, 0.2) is 24.3 Å². The Balaban J connectivity index is 2.18. The van der Waals surface area contributed by atoms with Crippen LogP contribution in [0.5, 0.6) is 11.5 Å². The Kier molecular flexibility index (Phi) is 6.74. The zero-order chi connectivity index (χ0) is 14.1. The van der Waals surface area contributed by atoms with E-state index in [1.165, 1.54) is 0 Å². The summed E-state index contributed by atoms with van der Waals surface area (Å²) in [7, 11) is 1.60. The minimum absolute atomic E-state index is 0.0739. The predicted molar refractivity (Wildman–Crippen MR) is 72.4 cm³/mol. The summed E-state index contributed by atoms with van der Waals surface area (Å²) in [4.78, 5) is 11.4. The SMILES string of the molecule is COc1cccc(OCCCC(=O)NCC(C)O)c1. The lowest BCUT2D eigenvalue weighted by Crippen LogP contribution is -2.30. The fraction of sp³-hybridized carbons (Fsp3) is 0.500. The molecule has 5 nitrogen and oxygen atoms in total. The molecule has 0 spiro atoms. The highest BCUT2D eigenvalue weighted by Gasteiger charge is 2.03. The maximum atomic E-state index is 11.4. The maximum absolute atomic E-state index is 11.4. The van der Waals surface area contributed by atoms with E-state index in [2.05, 4.69) is 5.32 Å². The highest BCUT2D eigenvalue weighted by molar-refractivity contribution is 5.75. The van der Waals surface area contributed by atoms with Crippen LogP contribution in [-0.2, 0) is 4.79 Å². The molecule has 1 aromatic rings. The first-order valence-corrected chi connectivity index (χ1v) is 6.33. The second kappa shape index (κ2) is 8.37. The third kappa shape index (κ3) is 6.67. The van der Waals surface area contributed by atoms with Crippen LogP contribution in [0.25, 0.3) is 0 Å². The van der Waals surface area contributed by atoms with Gasteiger partial charge in [-0.2, -0.15) is 0 Å². The molecule has 19 heavy (non-hydrogen) atoms. The van der Waals surface area contributed by atoms with Crippen LogP contribution < -0.4 is 14.8 Å². The van der Waals surface area contributed by atoms with Gasteiger partial charge >= 0.3 is 0 Å². The Hall–Kier alpha value is -1.75.